The maximum atomic E-state index is 14.1. The first kappa shape index (κ1) is 20.3. The van der Waals surface area contributed by atoms with E-state index in [-0.39, 0.29) is 31.0 Å². The van der Waals surface area contributed by atoms with Crippen LogP contribution in [0.4, 0.5) is 4.39 Å². The highest BCUT2D eigenvalue weighted by molar-refractivity contribution is 5.97. The number of fused-ring (bicyclic) bond motifs is 2. The molecule has 7 heteroatoms. The van der Waals surface area contributed by atoms with E-state index in [1.54, 1.807) is 4.90 Å². The molecule has 2 heterocycles. The summed E-state index contributed by atoms with van der Waals surface area (Å²) in [6.45, 7) is 1.87. The molecule has 1 atom stereocenters. The van der Waals surface area contributed by atoms with Gasteiger partial charge in [0.15, 0.2) is 6.79 Å². The Morgan fingerprint density at radius 3 is 2.90 bits per heavy atom. The van der Waals surface area contributed by atoms with Crippen molar-refractivity contribution >= 4 is 5.91 Å². The number of benzene rings is 2. The molecular formula is C24H26FNO5. The molecule has 1 fully saturated rings. The van der Waals surface area contributed by atoms with Crippen LogP contribution < -0.4 is 9.47 Å². The van der Waals surface area contributed by atoms with Gasteiger partial charge in [-0.25, -0.2) is 4.39 Å². The van der Waals surface area contributed by atoms with Crippen LogP contribution in [-0.2, 0) is 28.9 Å². The van der Waals surface area contributed by atoms with Gasteiger partial charge < -0.3 is 23.8 Å². The standard InChI is InChI=1S/C24H26FNO5/c25-19-9-18-13-28-15-31-23(18)22(11-19)24(27)26-7-8-29-21(12-26)14-30-20-6-5-16-3-1-2-4-17(16)10-20/h5-6,9-11,21H,1-4,7-8,12-15H2/t21-/m0/s1. The van der Waals surface area contributed by atoms with Crippen LogP contribution in [0.3, 0.4) is 0 Å². The normalized spacial score (nSPS) is 20.4. The summed E-state index contributed by atoms with van der Waals surface area (Å²) in [5.74, 6) is 0.503. The summed E-state index contributed by atoms with van der Waals surface area (Å²) in [4.78, 5) is 14.8. The molecule has 0 spiro atoms. The Balaban J connectivity index is 1.25. The minimum Gasteiger partial charge on any atom is -0.491 e. The van der Waals surface area contributed by atoms with Gasteiger partial charge >= 0.3 is 0 Å². The lowest BCUT2D eigenvalue weighted by Gasteiger charge is -2.33. The van der Waals surface area contributed by atoms with Crippen LogP contribution in [-0.4, -0.2) is 50.0 Å². The average molecular weight is 427 g/mol. The van der Waals surface area contributed by atoms with E-state index in [1.807, 2.05) is 6.07 Å². The quantitative estimate of drug-likeness (QED) is 0.748. The maximum Gasteiger partial charge on any atom is 0.257 e. The third-order valence-corrected chi connectivity index (χ3v) is 6.09. The number of aryl methyl sites for hydroxylation is 2. The smallest absolute Gasteiger partial charge is 0.257 e. The molecule has 0 unspecified atom stereocenters. The zero-order chi connectivity index (χ0) is 21.2. The van der Waals surface area contributed by atoms with E-state index in [1.165, 1.54) is 36.1 Å². The number of rotatable bonds is 4. The van der Waals surface area contributed by atoms with E-state index in [2.05, 4.69) is 12.1 Å². The monoisotopic (exact) mass is 427 g/mol. The Morgan fingerprint density at radius 2 is 2.00 bits per heavy atom. The number of hydrogen-bond donors (Lipinski definition) is 0. The van der Waals surface area contributed by atoms with Crippen LogP contribution in [0.15, 0.2) is 30.3 Å². The Hall–Kier alpha value is -2.64. The van der Waals surface area contributed by atoms with Crippen molar-refractivity contribution in [2.45, 2.75) is 38.4 Å². The highest BCUT2D eigenvalue weighted by atomic mass is 19.1. The Bertz CT molecular complexity index is 979. The maximum absolute atomic E-state index is 14.1. The predicted octanol–water partition coefficient (Wildman–Crippen LogP) is 3.49. The molecule has 0 N–H and O–H groups in total. The SMILES string of the molecule is O=C(c1cc(F)cc2c1OCOC2)N1CCO[C@H](COc2ccc3c(c2)CCCC3)C1. The highest BCUT2D eigenvalue weighted by Gasteiger charge is 2.29. The highest BCUT2D eigenvalue weighted by Crippen LogP contribution is 2.31. The summed E-state index contributed by atoms with van der Waals surface area (Å²) in [6.07, 6.45) is 4.46. The van der Waals surface area contributed by atoms with Gasteiger partial charge in [-0.1, -0.05) is 6.07 Å². The van der Waals surface area contributed by atoms with Crippen LogP contribution in [0, 0.1) is 5.82 Å². The number of carbonyl (C=O) groups is 1. The van der Waals surface area contributed by atoms with Gasteiger partial charge in [0.2, 0.25) is 0 Å². The molecule has 0 bridgehead atoms. The molecular weight excluding hydrogens is 401 g/mol. The molecule has 2 aliphatic heterocycles. The van der Waals surface area contributed by atoms with Gasteiger partial charge in [-0.3, -0.25) is 4.79 Å². The van der Waals surface area contributed by atoms with Crippen LogP contribution in [0.25, 0.3) is 0 Å². The fourth-order valence-corrected chi connectivity index (χ4v) is 4.50. The second-order valence-corrected chi connectivity index (χ2v) is 8.24. The summed E-state index contributed by atoms with van der Waals surface area (Å²) in [7, 11) is 0. The molecule has 1 aliphatic carbocycles. The second kappa shape index (κ2) is 8.85. The van der Waals surface area contributed by atoms with E-state index < -0.39 is 5.82 Å². The second-order valence-electron chi connectivity index (χ2n) is 8.24. The summed E-state index contributed by atoms with van der Waals surface area (Å²) < 4.78 is 36.6. The number of hydrogen-bond acceptors (Lipinski definition) is 5. The first-order chi connectivity index (χ1) is 15.2. The fraction of sp³-hybridized carbons (Fsp3) is 0.458. The number of amides is 1. The minimum absolute atomic E-state index is 0.0548. The van der Waals surface area contributed by atoms with Gasteiger partial charge in [0.05, 0.1) is 25.3 Å². The lowest BCUT2D eigenvalue weighted by atomic mass is 9.92. The van der Waals surface area contributed by atoms with E-state index in [0.717, 1.165) is 18.6 Å². The van der Waals surface area contributed by atoms with Crippen LogP contribution in [0.1, 0.15) is 39.9 Å². The number of ether oxygens (including phenoxy) is 4. The number of nitrogens with zero attached hydrogens (tertiary/aromatic N) is 1. The van der Waals surface area contributed by atoms with Crippen molar-refractivity contribution in [3.05, 3.63) is 58.4 Å². The van der Waals surface area contributed by atoms with Crippen LogP contribution >= 0.6 is 0 Å². The molecule has 3 aliphatic rings. The molecule has 31 heavy (non-hydrogen) atoms. The summed E-state index contributed by atoms with van der Waals surface area (Å²) >= 11 is 0. The molecule has 2 aromatic carbocycles. The summed E-state index contributed by atoms with van der Waals surface area (Å²) in [6, 6.07) is 8.87. The summed E-state index contributed by atoms with van der Waals surface area (Å²) in [5, 5.41) is 0. The number of carbonyl (C=O) groups excluding carboxylic acids is 1. The van der Waals surface area contributed by atoms with Crippen molar-refractivity contribution in [2.24, 2.45) is 0 Å². The van der Waals surface area contributed by atoms with Crippen molar-refractivity contribution in [1.82, 2.24) is 4.90 Å². The Morgan fingerprint density at radius 1 is 1.13 bits per heavy atom. The lowest BCUT2D eigenvalue weighted by molar-refractivity contribution is -0.0408. The minimum atomic E-state index is -0.475. The molecule has 5 rings (SSSR count). The first-order valence-electron chi connectivity index (χ1n) is 10.9. The van der Waals surface area contributed by atoms with E-state index in [9.17, 15) is 9.18 Å². The largest absolute Gasteiger partial charge is 0.491 e. The van der Waals surface area contributed by atoms with Crippen molar-refractivity contribution in [3.8, 4) is 11.5 Å². The first-order valence-corrected chi connectivity index (χ1v) is 10.9. The van der Waals surface area contributed by atoms with Gasteiger partial charge in [-0.2, -0.15) is 0 Å². The summed E-state index contributed by atoms with van der Waals surface area (Å²) in [5.41, 5.74) is 3.56. The van der Waals surface area contributed by atoms with Crippen molar-refractivity contribution in [3.63, 3.8) is 0 Å². The van der Waals surface area contributed by atoms with E-state index >= 15 is 0 Å². The van der Waals surface area contributed by atoms with Gasteiger partial charge in [0.25, 0.3) is 5.91 Å². The third-order valence-electron chi connectivity index (χ3n) is 6.09. The van der Waals surface area contributed by atoms with Gasteiger partial charge in [0, 0.05) is 12.1 Å². The van der Waals surface area contributed by atoms with Crippen LogP contribution in [0.2, 0.25) is 0 Å². The predicted molar refractivity (Wildman–Crippen MR) is 111 cm³/mol. The Kier molecular flexibility index (Phi) is 5.78. The molecule has 2 aromatic rings. The lowest BCUT2D eigenvalue weighted by Crippen LogP contribution is -2.47. The van der Waals surface area contributed by atoms with E-state index in [0.29, 0.717) is 37.6 Å². The van der Waals surface area contributed by atoms with E-state index in [4.69, 9.17) is 18.9 Å². The molecule has 0 aromatic heterocycles. The van der Waals surface area contributed by atoms with Gasteiger partial charge in [0.1, 0.15) is 30.0 Å². The molecule has 1 amide bonds. The Labute approximate surface area is 180 Å². The third kappa shape index (κ3) is 4.38. The number of morpholine rings is 1. The molecule has 0 radical (unpaired) electrons. The zero-order valence-electron chi connectivity index (χ0n) is 17.4. The van der Waals surface area contributed by atoms with Crippen molar-refractivity contribution in [2.75, 3.05) is 33.1 Å². The molecule has 6 nitrogen and oxygen atoms in total. The van der Waals surface area contributed by atoms with Crippen LogP contribution in [0.5, 0.6) is 11.5 Å². The molecule has 1 saturated heterocycles. The number of halogens is 1. The molecule has 0 saturated carbocycles. The fourth-order valence-electron chi connectivity index (χ4n) is 4.50. The van der Waals surface area contributed by atoms with Gasteiger partial charge in [-0.15, -0.1) is 0 Å². The molecule has 164 valence electrons. The van der Waals surface area contributed by atoms with Crippen molar-refractivity contribution in [1.29, 1.82) is 0 Å². The van der Waals surface area contributed by atoms with Crippen molar-refractivity contribution < 1.29 is 28.1 Å². The average Bonchev–Trinajstić information content (AvgIpc) is 2.81. The topological polar surface area (TPSA) is 57.2 Å². The van der Waals surface area contributed by atoms with Gasteiger partial charge in [-0.05, 0) is 61.1 Å². The zero-order valence-corrected chi connectivity index (χ0v) is 17.4.